The van der Waals surface area contributed by atoms with Gasteiger partial charge in [-0.2, -0.15) is 0 Å². The van der Waals surface area contributed by atoms with Crippen LogP contribution in [-0.4, -0.2) is 18.1 Å². The van der Waals surface area contributed by atoms with Crippen LogP contribution in [0, 0.1) is 0 Å². The van der Waals surface area contributed by atoms with E-state index in [-0.39, 0.29) is 0 Å². The Labute approximate surface area is 118 Å². The quantitative estimate of drug-likeness (QED) is 0.917. The molecule has 1 aliphatic carbocycles. The Morgan fingerprint density at radius 2 is 2.28 bits per heavy atom. The number of anilines is 1. The lowest BCUT2D eigenvalue weighted by atomic mass is 10.2. The van der Waals surface area contributed by atoms with Gasteiger partial charge < -0.3 is 10.1 Å². The molecule has 3 nitrogen and oxygen atoms in total. The molecule has 94 valence electrons. The van der Waals surface area contributed by atoms with Crippen LogP contribution in [0.25, 0.3) is 11.3 Å². The van der Waals surface area contributed by atoms with Gasteiger partial charge in [0, 0.05) is 17.0 Å². The number of hydrogen-bond acceptors (Lipinski definition) is 4. The summed E-state index contributed by atoms with van der Waals surface area (Å²) in [6, 6.07) is 6.66. The van der Waals surface area contributed by atoms with E-state index in [0.29, 0.717) is 6.04 Å². The summed E-state index contributed by atoms with van der Waals surface area (Å²) in [4.78, 5) is 4.60. The molecule has 0 amide bonds. The van der Waals surface area contributed by atoms with Gasteiger partial charge in [0.2, 0.25) is 0 Å². The van der Waals surface area contributed by atoms with Gasteiger partial charge in [0.15, 0.2) is 5.13 Å². The number of rotatable bonds is 4. The summed E-state index contributed by atoms with van der Waals surface area (Å²) in [7, 11) is 1.67. The normalized spacial score (nSPS) is 14.6. The molecule has 0 bridgehead atoms. The molecule has 1 aromatic heterocycles. The Morgan fingerprint density at radius 1 is 1.44 bits per heavy atom. The minimum absolute atomic E-state index is 0.645. The second kappa shape index (κ2) is 4.90. The zero-order valence-electron chi connectivity index (χ0n) is 9.94. The van der Waals surface area contributed by atoms with Crippen LogP contribution < -0.4 is 10.1 Å². The van der Waals surface area contributed by atoms with Crippen LogP contribution in [0.5, 0.6) is 5.75 Å². The Kier molecular flexibility index (Phi) is 3.26. The highest BCUT2D eigenvalue weighted by Crippen LogP contribution is 2.33. The topological polar surface area (TPSA) is 34.1 Å². The summed E-state index contributed by atoms with van der Waals surface area (Å²) in [6.07, 6.45) is 2.53. The highest BCUT2D eigenvalue weighted by Gasteiger charge is 2.22. The van der Waals surface area contributed by atoms with Gasteiger partial charge in [-0.1, -0.05) is 0 Å². The fourth-order valence-corrected chi connectivity index (χ4v) is 3.04. The lowest BCUT2D eigenvalue weighted by Crippen LogP contribution is -1.99. The summed E-state index contributed by atoms with van der Waals surface area (Å²) in [5, 5.41) is 6.51. The molecule has 1 heterocycles. The molecule has 1 N–H and O–H groups in total. The molecule has 1 saturated carbocycles. The van der Waals surface area contributed by atoms with E-state index in [1.807, 2.05) is 18.2 Å². The molecule has 0 spiro atoms. The summed E-state index contributed by atoms with van der Waals surface area (Å²) in [6.45, 7) is 0. The Morgan fingerprint density at radius 3 is 2.94 bits per heavy atom. The number of halogens is 1. The summed E-state index contributed by atoms with van der Waals surface area (Å²) in [5.41, 5.74) is 2.11. The monoisotopic (exact) mass is 324 g/mol. The maximum atomic E-state index is 5.22. The number of benzene rings is 1. The van der Waals surface area contributed by atoms with Gasteiger partial charge in [-0.05, 0) is 47.0 Å². The molecular weight excluding hydrogens is 312 g/mol. The molecule has 0 unspecified atom stereocenters. The molecule has 0 saturated heterocycles. The van der Waals surface area contributed by atoms with Gasteiger partial charge in [-0.15, -0.1) is 11.3 Å². The second-order valence-corrected chi connectivity index (χ2v) is 6.02. The van der Waals surface area contributed by atoms with Crippen LogP contribution in [0.4, 0.5) is 5.13 Å². The number of hydrogen-bond donors (Lipinski definition) is 1. The van der Waals surface area contributed by atoms with Crippen molar-refractivity contribution in [3.05, 3.63) is 28.1 Å². The lowest BCUT2D eigenvalue weighted by molar-refractivity contribution is 0.412. The van der Waals surface area contributed by atoms with E-state index in [9.17, 15) is 0 Å². The first-order valence-corrected chi connectivity index (χ1v) is 7.49. The fourth-order valence-electron chi connectivity index (χ4n) is 1.70. The molecule has 0 radical (unpaired) electrons. The average Bonchev–Trinajstić information content (AvgIpc) is 3.05. The van der Waals surface area contributed by atoms with E-state index in [4.69, 9.17) is 4.74 Å². The first-order chi connectivity index (χ1) is 8.76. The predicted molar refractivity (Wildman–Crippen MR) is 78.4 cm³/mol. The van der Waals surface area contributed by atoms with Gasteiger partial charge in [0.1, 0.15) is 5.75 Å². The Hall–Kier alpha value is -1.07. The number of nitrogens with zero attached hydrogens (tertiary/aromatic N) is 1. The van der Waals surface area contributed by atoms with E-state index < -0.39 is 0 Å². The second-order valence-electron chi connectivity index (χ2n) is 4.31. The third-order valence-corrected chi connectivity index (χ3v) is 4.25. The third-order valence-electron chi connectivity index (χ3n) is 2.86. The molecule has 1 aromatic carbocycles. The molecule has 0 atom stereocenters. The van der Waals surface area contributed by atoms with E-state index in [1.54, 1.807) is 18.4 Å². The van der Waals surface area contributed by atoms with Crippen molar-refractivity contribution < 1.29 is 4.74 Å². The molecule has 2 aromatic rings. The minimum Gasteiger partial charge on any atom is -0.496 e. The van der Waals surface area contributed by atoms with Crippen molar-refractivity contribution in [2.75, 3.05) is 12.4 Å². The largest absolute Gasteiger partial charge is 0.496 e. The van der Waals surface area contributed by atoms with Crippen LogP contribution in [0.3, 0.4) is 0 Å². The van der Waals surface area contributed by atoms with E-state index in [2.05, 4.69) is 31.6 Å². The minimum atomic E-state index is 0.645. The summed E-state index contributed by atoms with van der Waals surface area (Å²) >= 11 is 5.16. The highest BCUT2D eigenvalue weighted by atomic mass is 79.9. The van der Waals surface area contributed by atoms with Crippen molar-refractivity contribution in [1.29, 1.82) is 0 Å². The number of nitrogens with one attached hydrogen (secondary N) is 1. The first kappa shape index (κ1) is 12.0. The van der Waals surface area contributed by atoms with E-state index >= 15 is 0 Å². The molecule has 1 aliphatic rings. The number of methoxy groups -OCH3 is 1. The number of thiazole rings is 1. The van der Waals surface area contributed by atoms with Gasteiger partial charge in [0.25, 0.3) is 0 Å². The van der Waals surface area contributed by atoms with Gasteiger partial charge in [0.05, 0.1) is 17.3 Å². The summed E-state index contributed by atoms with van der Waals surface area (Å²) in [5.74, 6) is 0.838. The number of ether oxygens (including phenoxy) is 1. The zero-order valence-corrected chi connectivity index (χ0v) is 12.3. The lowest BCUT2D eigenvalue weighted by Gasteiger charge is -2.04. The van der Waals surface area contributed by atoms with Gasteiger partial charge in [-0.3, -0.25) is 0 Å². The van der Waals surface area contributed by atoms with Crippen LogP contribution >= 0.6 is 27.3 Å². The summed E-state index contributed by atoms with van der Waals surface area (Å²) < 4.78 is 6.18. The molecule has 0 aliphatic heterocycles. The van der Waals surface area contributed by atoms with Crippen LogP contribution in [0.15, 0.2) is 28.1 Å². The predicted octanol–water partition coefficient (Wildman–Crippen LogP) is 4.16. The van der Waals surface area contributed by atoms with Crippen LogP contribution in [-0.2, 0) is 0 Å². The van der Waals surface area contributed by atoms with E-state index in [0.717, 1.165) is 26.6 Å². The van der Waals surface area contributed by atoms with Crippen molar-refractivity contribution >= 4 is 32.4 Å². The maximum absolute atomic E-state index is 5.22. The van der Waals surface area contributed by atoms with Gasteiger partial charge in [-0.25, -0.2) is 4.98 Å². The highest BCUT2D eigenvalue weighted by molar-refractivity contribution is 9.10. The Bertz CT molecular complexity index is 566. The molecule has 5 heteroatoms. The SMILES string of the molecule is COc1ccc(-c2csc(NC3CC3)n2)cc1Br. The van der Waals surface area contributed by atoms with Crippen molar-refractivity contribution in [2.24, 2.45) is 0 Å². The third kappa shape index (κ3) is 2.52. The van der Waals surface area contributed by atoms with Crippen molar-refractivity contribution in [3.8, 4) is 17.0 Å². The van der Waals surface area contributed by atoms with Crippen molar-refractivity contribution in [3.63, 3.8) is 0 Å². The fraction of sp³-hybridized carbons (Fsp3) is 0.308. The molecular formula is C13H13BrN2OS. The van der Waals surface area contributed by atoms with Crippen LogP contribution in [0.2, 0.25) is 0 Å². The molecule has 3 rings (SSSR count). The van der Waals surface area contributed by atoms with Gasteiger partial charge >= 0.3 is 0 Å². The standard InChI is InChI=1S/C13H13BrN2OS/c1-17-12-5-2-8(6-10(12)14)11-7-18-13(16-11)15-9-3-4-9/h2,5-7,9H,3-4H2,1H3,(H,15,16). The smallest absolute Gasteiger partial charge is 0.183 e. The Balaban J connectivity index is 1.84. The maximum Gasteiger partial charge on any atom is 0.183 e. The molecule has 1 fully saturated rings. The first-order valence-electron chi connectivity index (χ1n) is 5.82. The zero-order chi connectivity index (χ0) is 12.5. The average molecular weight is 325 g/mol. The molecule has 18 heavy (non-hydrogen) atoms. The van der Waals surface area contributed by atoms with Crippen LogP contribution in [0.1, 0.15) is 12.8 Å². The number of aromatic nitrogens is 1. The van der Waals surface area contributed by atoms with E-state index in [1.165, 1.54) is 12.8 Å². The van der Waals surface area contributed by atoms with Crippen molar-refractivity contribution in [1.82, 2.24) is 4.98 Å². The van der Waals surface area contributed by atoms with Crippen molar-refractivity contribution in [2.45, 2.75) is 18.9 Å².